The van der Waals surface area contributed by atoms with Gasteiger partial charge in [0.25, 0.3) is 5.91 Å². The Bertz CT molecular complexity index is 570. The molecule has 1 saturated heterocycles. The Morgan fingerprint density at radius 3 is 2.83 bits per heavy atom. The number of hydrogen-bond donors (Lipinski definition) is 2. The smallest absolute Gasteiger partial charge is 0.263 e. The van der Waals surface area contributed by atoms with Crippen LogP contribution in [0.25, 0.3) is 0 Å². The maximum absolute atomic E-state index is 12.3. The van der Waals surface area contributed by atoms with E-state index < -0.39 is 0 Å². The molecule has 0 radical (unpaired) electrons. The van der Waals surface area contributed by atoms with Crippen molar-refractivity contribution in [2.75, 3.05) is 18.8 Å². The van der Waals surface area contributed by atoms with Gasteiger partial charge in [0.15, 0.2) is 5.13 Å². The number of nitrogens with two attached hydrogens (primary N) is 1. The fraction of sp³-hybridized carbons (Fsp3) is 0.688. The molecule has 23 heavy (non-hydrogen) atoms. The molecule has 1 aliphatic heterocycles. The summed E-state index contributed by atoms with van der Waals surface area (Å²) in [7, 11) is 0. The van der Waals surface area contributed by atoms with Crippen LogP contribution in [-0.4, -0.2) is 40.8 Å². The van der Waals surface area contributed by atoms with Gasteiger partial charge in [-0.3, -0.25) is 9.59 Å². The number of carbonyl (C=O) groups is 2. The van der Waals surface area contributed by atoms with Crippen molar-refractivity contribution in [3.05, 3.63) is 10.6 Å². The minimum atomic E-state index is -0.134. The number of rotatable bonds is 5. The Balaban J connectivity index is 1.91. The third-order valence-corrected chi connectivity index (χ3v) is 5.12. The first-order valence-corrected chi connectivity index (χ1v) is 9.00. The van der Waals surface area contributed by atoms with Crippen molar-refractivity contribution < 1.29 is 9.59 Å². The van der Waals surface area contributed by atoms with Gasteiger partial charge in [0.1, 0.15) is 4.88 Å². The lowest BCUT2D eigenvalue weighted by atomic mass is 10.1. The number of carbonyl (C=O) groups excluding carboxylic acids is 2. The zero-order valence-corrected chi connectivity index (χ0v) is 14.9. The van der Waals surface area contributed by atoms with Crippen LogP contribution in [0.3, 0.4) is 0 Å². The molecule has 1 unspecified atom stereocenters. The third-order valence-electron chi connectivity index (χ3n) is 4.14. The summed E-state index contributed by atoms with van der Waals surface area (Å²) in [5.41, 5.74) is 6.31. The van der Waals surface area contributed by atoms with Gasteiger partial charge in [-0.2, -0.15) is 0 Å². The molecule has 0 aromatic carbocycles. The van der Waals surface area contributed by atoms with Gasteiger partial charge in [0.2, 0.25) is 5.91 Å². The summed E-state index contributed by atoms with van der Waals surface area (Å²) >= 11 is 1.21. The Morgan fingerprint density at radius 1 is 1.48 bits per heavy atom. The normalized spacial score (nSPS) is 19.0. The standard InChI is InChI=1S/C16H26N4O2S/c1-10(2)6-8-20-9-7-12(4-5-13(20)21)19-15(22)14-11(3)18-16(17)23-14/h10,12H,4-9H2,1-3H3,(H2,17,18)(H,19,22). The van der Waals surface area contributed by atoms with Gasteiger partial charge >= 0.3 is 0 Å². The quantitative estimate of drug-likeness (QED) is 0.861. The number of amides is 2. The van der Waals surface area contributed by atoms with Crippen molar-refractivity contribution in [3.63, 3.8) is 0 Å². The number of hydrogen-bond acceptors (Lipinski definition) is 5. The molecular formula is C16H26N4O2S. The van der Waals surface area contributed by atoms with E-state index in [1.54, 1.807) is 6.92 Å². The molecule has 1 fully saturated rings. The summed E-state index contributed by atoms with van der Waals surface area (Å²) in [4.78, 5) is 31.1. The van der Waals surface area contributed by atoms with Crippen molar-refractivity contribution in [2.45, 2.75) is 52.5 Å². The van der Waals surface area contributed by atoms with Gasteiger partial charge in [0, 0.05) is 25.6 Å². The van der Waals surface area contributed by atoms with E-state index in [4.69, 9.17) is 5.73 Å². The molecule has 0 spiro atoms. The molecule has 7 heteroatoms. The second kappa shape index (κ2) is 7.77. The number of anilines is 1. The first-order chi connectivity index (χ1) is 10.9. The van der Waals surface area contributed by atoms with Crippen molar-refractivity contribution in [1.82, 2.24) is 15.2 Å². The zero-order chi connectivity index (χ0) is 17.0. The van der Waals surface area contributed by atoms with E-state index in [1.165, 1.54) is 11.3 Å². The van der Waals surface area contributed by atoms with E-state index in [2.05, 4.69) is 24.1 Å². The minimum Gasteiger partial charge on any atom is -0.375 e. The minimum absolute atomic E-state index is 0.0261. The predicted octanol–water partition coefficient (Wildman–Crippen LogP) is 2.19. The van der Waals surface area contributed by atoms with E-state index in [0.717, 1.165) is 19.4 Å². The second-order valence-corrected chi connectivity index (χ2v) is 7.56. The molecule has 1 aromatic rings. The number of nitrogens with zero attached hydrogens (tertiary/aromatic N) is 2. The number of nitrogen functional groups attached to an aromatic ring is 1. The van der Waals surface area contributed by atoms with Crippen LogP contribution in [0.2, 0.25) is 0 Å². The number of likely N-dealkylation sites (tertiary alicyclic amines) is 1. The van der Waals surface area contributed by atoms with Crippen LogP contribution < -0.4 is 11.1 Å². The Hall–Kier alpha value is -1.63. The van der Waals surface area contributed by atoms with Crippen LogP contribution in [0.5, 0.6) is 0 Å². The molecule has 0 bridgehead atoms. The summed E-state index contributed by atoms with van der Waals surface area (Å²) in [5.74, 6) is 0.645. The first-order valence-electron chi connectivity index (χ1n) is 8.18. The number of aryl methyl sites for hydroxylation is 1. The SMILES string of the molecule is Cc1nc(N)sc1C(=O)NC1CCC(=O)N(CCC(C)C)CC1. The predicted molar refractivity (Wildman–Crippen MR) is 92.4 cm³/mol. The van der Waals surface area contributed by atoms with Crippen molar-refractivity contribution in [3.8, 4) is 0 Å². The molecule has 128 valence electrons. The molecule has 2 rings (SSSR count). The van der Waals surface area contributed by atoms with Crippen molar-refractivity contribution in [1.29, 1.82) is 0 Å². The summed E-state index contributed by atoms with van der Waals surface area (Å²) in [5, 5.41) is 3.44. The third kappa shape index (κ3) is 4.92. The highest BCUT2D eigenvalue weighted by Crippen LogP contribution is 2.21. The lowest BCUT2D eigenvalue weighted by molar-refractivity contribution is -0.130. The first kappa shape index (κ1) is 17.7. The average molecular weight is 338 g/mol. The highest BCUT2D eigenvalue weighted by atomic mass is 32.1. The maximum atomic E-state index is 12.3. The van der Waals surface area contributed by atoms with Gasteiger partial charge in [0.05, 0.1) is 5.69 Å². The Kier molecular flexibility index (Phi) is 5.98. The van der Waals surface area contributed by atoms with Crippen LogP contribution in [0, 0.1) is 12.8 Å². The number of aromatic nitrogens is 1. The molecule has 2 heterocycles. The van der Waals surface area contributed by atoms with Crippen LogP contribution in [0.4, 0.5) is 5.13 Å². The molecule has 0 aliphatic carbocycles. The molecule has 1 aliphatic rings. The molecule has 6 nitrogen and oxygen atoms in total. The van der Waals surface area contributed by atoms with E-state index >= 15 is 0 Å². The second-order valence-electron chi connectivity index (χ2n) is 6.53. The molecule has 0 saturated carbocycles. The van der Waals surface area contributed by atoms with Crippen LogP contribution >= 0.6 is 11.3 Å². The van der Waals surface area contributed by atoms with Crippen molar-refractivity contribution >= 4 is 28.3 Å². The fourth-order valence-electron chi connectivity index (χ4n) is 2.71. The van der Waals surface area contributed by atoms with E-state index in [9.17, 15) is 9.59 Å². The largest absolute Gasteiger partial charge is 0.375 e. The van der Waals surface area contributed by atoms with Gasteiger partial charge in [-0.25, -0.2) is 4.98 Å². The Morgan fingerprint density at radius 2 is 2.22 bits per heavy atom. The maximum Gasteiger partial charge on any atom is 0.263 e. The van der Waals surface area contributed by atoms with Gasteiger partial charge in [-0.15, -0.1) is 0 Å². The molecule has 2 amide bonds. The molecule has 3 N–H and O–H groups in total. The summed E-state index contributed by atoms with van der Waals surface area (Å²) in [6.45, 7) is 7.62. The monoisotopic (exact) mass is 338 g/mol. The molecule has 1 atom stereocenters. The lowest BCUT2D eigenvalue weighted by Gasteiger charge is -2.22. The highest BCUT2D eigenvalue weighted by molar-refractivity contribution is 7.17. The van der Waals surface area contributed by atoms with E-state index in [0.29, 0.717) is 41.0 Å². The van der Waals surface area contributed by atoms with Crippen LogP contribution in [-0.2, 0) is 4.79 Å². The number of nitrogens with one attached hydrogen (secondary N) is 1. The average Bonchev–Trinajstić information content (AvgIpc) is 2.72. The van der Waals surface area contributed by atoms with Crippen molar-refractivity contribution in [2.24, 2.45) is 5.92 Å². The molecule has 1 aromatic heterocycles. The highest BCUT2D eigenvalue weighted by Gasteiger charge is 2.25. The summed E-state index contributed by atoms with van der Waals surface area (Å²) in [6, 6.07) is 0.0261. The fourth-order valence-corrected chi connectivity index (χ4v) is 3.45. The van der Waals surface area contributed by atoms with Crippen LogP contribution in [0.1, 0.15) is 54.9 Å². The summed E-state index contributed by atoms with van der Waals surface area (Å²) in [6.07, 6.45) is 2.99. The topological polar surface area (TPSA) is 88.3 Å². The number of thiazole rings is 1. The van der Waals surface area contributed by atoms with Gasteiger partial charge < -0.3 is 16.0 Å². The van der Waals surface area contributed by atoms with Gasteiger partial charge in [-0.05, 0) is 32.1 Å². The summed E-state index contributed by atoms with van der Waals surface area (Å²) < 4.78 is 0. The molecular weight excluding hydrogens is 312 g/mol. The Labute approximate surface area is 141 Å². The zero-order valence-electron chi connectivity index (χ0n) is 14.1. The van der Waals surface area contributed by atoms with E-state index in [-0.39, 0.29) is 17.9 Å². The van der Waals surface area contributed by atoms with E-state index in [1.807, 2.05) is 4.90 Å². The van der Waals surface area contributed by atoms with Crippen LogP contribution in [0.15, 0.2) is 0 Å². The van der Waals surface area contributed by atoms with Gasteiger partial charge in [-0.1, -0.05) is 25.2 Å². The lowest BCUT2D eigenvalue weighted by Crippen LogP contribution is -2.36.